The molecule has 1 aromatic rings. The molecular formula is C13H19N3O2S2. The maximum absolute atomic E-state index is 12.7. The first-order valence-electron chi connectivity index (χ1n) is 6.71. The molecule has 0 spiro atoms. The number of thiocarbonyl (C=S) groups is 1. The van der Waals surface area contributed by atoms with Crippen LogP contribution in [-0.2, 0) is 10.0 Å². The molecule has 110 valence electrons. The minimum Gasteiger partial charge on any atom is -0.388 e. The summed E-state index contributed by atoms with van der Waals surface area (Å²) in [6, 6.07) is 3.11. The summed E-state index contributed by atoms with van der Waals surface area (Å²) in [5, 5.41) is 0. The first-order valence-corrected chi connectivity index (χ1v) is 8.56. The van der Waals surface area contributed by atoms with Gasteiger partial charge in [-0.2, -0.15) is 4.31 Å². The van der Waals surface area contributed by atoms with E-state index in [1.807, 2.05) is 0 Å². The standard InChI is InChI=1S/C13H19N3O2S2/c1-2-10-5-4-8-16(9-10)20(17,18)11-6-3-7-15-12(11)13(14)19/h3,6-7,10H,2,4-5,8-9H2,1H3,(H2,14,19). The quantitative estimate of drug-likeness (QED) is 0.853. The topological polar surface area (TPSA) is 76.3 Å². The van der Waals surface area contributed by atoms with Gasteiger partial charge in [0.2, 0.25) is 10.0 Å². The van der Waals surface area contributed by atoms with Crippen LogP contribution in [0.15, 0.2) is 23.2 Å². The van der Waals surface area contributed by atoms with Crippen molar-refractivity contribution in [2.24, 2.45) is 11.7 Å². The number of nitrogens with zero attached hydrogens (tertiary/aromatic N) is 2. The second-order valence-electron chi connectivity index (χ2n) is 4.99. The predicted molar refractivity (Wildman–Crippen MR) is 81.9 cm³/mol. The summed E-state index contributed by atoms with van der Waals surface area (Å²) in [6.45, 7) is 3.19. The summed E-state index contributed by atoms with van der Waals surface area (Å²) in [5.74, 6) is 0.420. The molecule has 1 aromatic heterocycles. The third-order valence-corrected chi connectivity index (χ3v) is 5.77. The van der Waals surface area contributed by atoms with Gasteiger partial charge in [0.05, 0.1) is 0 Å². The molecule has 5 nitrogen and oxygen atoms in total. The minimum atomic E-state index is -3.58. The van der Waals surface area contributed by atoms with E-state index in [0.717, 1.165) is 19.3 Å². The Hall–Kier alpha value is -1.05. The summed E-state index contributed by atoms with van der Waals surface area (Å²) < 4.78 is 27.0. The molecule has 1 fully saturated rings. The van der Waals surface area contributed by atoms with Crippen LogP contribution in [0.4, 0.5) is 0 Å². The maximum Gasteiger partial charge on any atom is 0.245 e. The van der Waals surface area contributed by atoms with Crippen molar-refractivity contribution in [2.75, 3.05) is 13.1 Å². The fourth-order valence-electron chi connectivity index (χ4n) is 2.50. The van der Waals surface area contributed by atoms with Gasteiger partial charge in [-0.1, -0.05) is 25.6 Å². The molecule has 1 unspecified atom stereocenters. The highest BCUT2D eigenvalue weighted by Gasteiger charge is 2.31. The monoisotopic (exact) mass is 313 g/mol. The van der Waals surface area contributed by atoms with E-state index in [1.54, 1.807) is 6.07 Å². The molecule has 2 heterocycles. The lowest BCUT2D eigenvalue weighted by molar-refractivity contribution is 0.261. The van der Waals surface area contributed by atoms with Crippen LogP contribution in [0.5, 0.6) is 0 Å². The molecule has 1 aliphatic rings. The molecule has 1 atom stereocenters. The van der Waals surface area contributed by atoms with Gasteiger partial charge in [-0.25, -0.2) is 8.42 Å². The zero-order valence-corrected chi connectivity index (χ0v) is 13.1. The molecule has 0 bridgehead atoms. The van der Waals surface area contributed by atoms with Crippen LogP contribution in [0.2, 0.25) is 0 Å². The van der Waals surface area contributed by atoms with E-state index in [1.165, 1.54) is 16.6 Å². The molecule has 0 saturated carbocycles. The van der Waals surface area contributed by atoms with Crippen LogP contribution in [0.1, 0.15) is 31.9 Å². The zero-order chi connectivity index (χ0) is 14.8. The van der Waals surface area contributed by atoms with Crippen molar-refractivity contribution in [3.8, 4) is 0 Å². The lowest BCUT2D eigenvalue weighted by Crippen LogP contribution is -2.40. The summed E-state index contributed by atoms with van der Waals surface area (Å²) in [6.07, 6.45) is 4.46. The Kier molecular flexibility index (Phi) is 4.72. The van der Waals surface area contributed by atoms with E-state index in [2.05, 4.69) is 11.9 Å². The van der Waals surface area contributed by atoms with Crippen molar-refractivity contribution >= 4 is 27.2 Å². The van der Waals surface area contributed by atoms with Crippen LogP contribution >= 0.6 is 12.2 Å². The van der Waals surface area contributed by atoms with Crippen LogP contribution in [0, 0.1) is 5.92 Å². The molecule has 7 heteroatoms. The number of nitrogens with two attached hydrogens (primary N) is 1. The largest absolute Gasteiger partial charge is 0.388 e. The van der Waals surface area contributed by atoms with Gasteiger partial charge in [0.1, 0.15) is 15.6 Å². The van der Waals surface area contributed by atoms with Crippen molar-refractivity contribution in [3.63, 3.8) is 0 Å². The molecule has 2 N–H and O–H groups in total. The molecule has 1 aliphatic heterocycles. The van der Waals surface area contributed by atoms with Gasteiger partial charge in [0.15, 0.2) is 0 Å². The zero-order valence-electron chi connectivity index (χ0n) is 11.4. The third-order valence-electron chi connectivity index (χ3n) is 3.68. The Morgan fingerprint density at radius 2 is 2.35 bits per heavy atom. The SMILES string of the molecule is CCC1CCCN(S(=O)(=O)c2cccnc2C(N)=S)C1. The average molecular weight is 313 g/mol. The van der Waals surface area contributed by atoms with Crippen LogP contribution in [0.3, 0.4) is 0 Å². The summed E-state index contributed by atoms with van der Waals surface area (Å²) >= 11 is 4.90. The smallest absolute Gasteiger partial charge is 0.245 e. The summed E-state index contributed by atoms with van der Waals surface area (Å²) in [5.41, 5.74) is 5.76. The summed E-state index contributed by atoms with van der Waals surface area (Å²) in [4.78, 5) is 4.13. The van der Waals surface area contributed by atoms with Crippen molar-refractivity contribution in [1.29, 1.82) is 0 Å². The second-order valence-corrected chi connectivity index (χ2v) is 7.34. The van der Waals surface area contributed by atoms with Crippen molar-refractivity contribution in [1.82, 2.24) is 9.29 Å². The van der Waals surface area contributed by atoms with Crippen LogP contribution in [-0.4, -0.2) is 35.8 Å². The average Bonchev–Trinajstić information content (AvgIpc) is 2.47. The number of aromatic nitrogens is 1. The predicted octanol–water partition coefficient (Wildman–Crippen LogP) is 1.53. The van der Waals surface area contributed by atoms with Gasteiger partial charge in [-0.15, -0.1) is 0 Å². The lowest BCUT2D eigenvalue weighted by atomic mass is 9.97. The molecular weight excluding hydrogens is 294 g/mol. The Balaban J connectivity index is 2.38. The van der Waals surface area contributed by atoms with Crippen molar-refractivity contribution in [3.05, 3.63) is 24.0 Å². The molecule has 1 saturated heterocycles. The third kappa shape index (κ3) is 2.99. The normalized spacial score (nSPS) is 20.8. The number of sulfonamides is 1. The van der Waals surface area contributed by atoms with E-state index < -0.39 is 10.0 Å². The number of hydrogen-bond donors (Lipinski definition) is 1. The highest BCUT2D eigenvalue weighted by Crippen LogP contribution is 2.26. The van der Waals surface area contributed by atoms with E-state index in [-0.39, 0.29) is 15.6 Å². The van der Waals surface area contributed by atoms with Crippen molar-refractivity contribution < 1.29 is 8.42 Å². The number of hydrogen-bond acceptors (Lipinski definition) is 4. The fourth-order valence-corrected chi connectivity index (χ4v) is 4.44. The van der Waals surface area contributed by atoms with Gasteiger partial charge in [-0.05, 0) is 30.9 Å². The Morgan fingerprint density at radius 3 is 3.00 bits per heavy atom. The highest BCUT2D eigenvalue weighted by atomic mass is 32.2. The minimum absolute atomic E-state index is 0.00762. The molecule has 0 radical (unpaired) electrons. The first kappa shape index (κ1) is 15.3. The maximum atomic E-state index is 12.7. The van der Waals surface area contributed by atoms with E-state index in [9.17, 15) is 8.42 Å². The molecule has 2 rings (SSSR count). The van der Waals surface area contributed by atoms with Crippen molar-refractivity contribution in [2.45, 2.75) is 31.1 Å². The van der Waals surface area contributed by atoms with Gasteiger partial charge in [-0.3, -0.25) is 4.98 Å². The fraction of sp³-hybridized carbons (Fsp3) is 0.538. The molecule has 0 aromatic carbocycles. The second kappa shape index (κ2) is 6.15. The first-order chi connectivity index (χ1) is 9.46. The van der Waals surface area contributed by atoms with E-state index in [4.69, 9.17) is 18.0 Å². The molecule has 0 amide bonds. The number of rotatable bonds is 4. The van der Waals surface area contributed by atoms with Gasteiger partial charge in [0.25, 0.3) is 0 Å². The van der Waals surface area contributed by atoms with Gasteiger partial charge in [0, 0.05) is 19.3 Å². The Bertz CT molecular complexity index is 601. The van der Waals surface area contributed by atoms with Gasteiger partial charge < -0.3 is 5.73 Å². The van der Waals surface area contributed by atoms with E-state index in [0.29, 0.717) is 19.0 Å². The highest BCUT2D eigenvalue weighted by molar-refractivity contribution is 7.89. The van der Waals surface area contributed by atoms with Crippen LogP contribution < -0.4 is 5.73 Å². The van der Waals surface area contributed by atoms with E-state index >= 15 is 0 Å². The summed E-state index contributed by atoms with van der Waals surface area (Å²) in [7, 11) is -3.58. The lowest BCUT2D eigenvalue weighted by Gasteiger charge is -2.31. The number of piperidine rings is 1. The van der Waals surface area contributed by atoms with Crippen LogP contribution in [0.25, 0.3) is 0 Å². The number of pyridine rings is 1. The molecule has 20 heavy (non-hydrogen) atoms. The molecule has 0 aliphatic carbocycles. The van der Waals surface area contributed by atoms with Gasteiger partial charge >= 0.3 is 0 Å². The Morgan fingerprint density at radius 1 is 1.60 bits per heavy atom. The Labute approximate surface area is 125 Å².